The summed E-state index contributed by atoms with van der Waals surface area (Å²) in [7, 11) is 0.997. The number of aliphatic hydroxyl groups is 1. The molecule has 2 heterocycles. The van der Waals surface area contributed by atoms with E-state index in [1.54, 1.807) is 0 Å². The zero-order valence-corrected chi connectivity index (χ0v) is 33.1. The number of aromatic nitrogens is 2. The van der Waals surface area contributed by atoms with Crippen LogP contribution in [-0.2, 0) is 15.6 Å². The van der Waals surface area contributed by atoms with Gasteiger partial charge < -0.3 is 23.5 Å². The van der Waals surface area contributed by atoms with Gasteiger partial charge in [0.2, 0.25) is 11.6 Å². The highest BCUT2D eigenvalue weighted by atomic mass is 79.9. The fourth-order valence-electron chi connectivity index (χ4n) is 6.87. The Balaban J connectivity index is 1.77. The molecule has 1 N–H and O–H groups in total. The zero-order chi connectivity index (χ0) is 34.6. The quantitative estimate of drug-likeness (QED) is 0.103. The van der Waals surface area contributed by atoms with Crippen LogP contribution in [0.5, 0.6) is 11.6 Å². The molecule has 4 atom stereocenters. The molecule has 3 aliphatic rings. The van der Waals surface area contributed by atoms with E-state index in [0.29, 0.717) is 52.3 Å². The van der Waals surface area contributed by atoms with Crippen molar-refractivity contribution in [3.05, 3.63) is 37.2 Å². The first kappa shape index (κ1) is 36.2. The lowest BCUT2D eigenvalue weighted by Crippen LogP contribution is -2.68. The van der Waals surface area contributed by atoms with Gasteiger partial charge in [0.15, 0.2) is 25.4 Å². The summed E-state index contributed by atoms with van der Waals surface area (Å²) in [6.45, 7) is 15.2. The first-order valence-electron chi connectivity index (χ1n) is 16.6. The van der Waals surface area contributed by atoms with E-state index in [-0.39, 0.29) is 27.8 Å². The number of halogens is 2. The van der Waals surface area contributed by atoms with E-state index in [4.69, 9.17) is 18.4 Å². The molecule has 3 aliphatic carbocycles. The molecule has 0 aromatic carbocycles. The summed E-state index contributed by atoms with van der Waals surface area (Å²) in [6.07, 6.45) is 4.21. The molecule has 2 aromatic heterocycles. The van der Waals surface area contributed by atoms with Gasteiger partial charge in [-0.3, -0.25) is 14.5 Å². The second-order valence-corrected chi connectivity index (χ2v) is 20.9. The maximum absolute atomic E-state index is 15.4. The topological polar surface area (TPSA) is 124 Å². The average Bonchev–Trinajstić information content (AvgIpc) is 3.39. The number of Topliss-reactive ketones (excluding diaryl/α,β-unsaturated/α-hetero) is 2. The minimum atomic E-state index is -2.81. The summed E-state index contributed by atoms with van der Waals surface area (Å²) in [5.41, 5.74) is -0.418. The Morgan fingerprint density at radius 2 is 1.66 bits per heavy atom. The van der Waals surface area contributed by atoms with Crippen LogP contribution in [0, 0.1) is 11.8 Å². The molecule has 0 saturated heterocycles. The number of hydrogen-bond acceptors (Lipinski definition) is 10. The average molecular weight is 798 g/mol. The van der Waals surface area contributed by atoms with Crippen molar-refractivity contribution in [2.24, 2.45) is 11.8 Å². The van der Waals surface area contributed by atoms with Gasteiger partial charge in [0, 0.05) is 17.1 Å². The summed E-state index contributed by atoms with van der Waals surface area (Å²) in [5, 5.41) is 16.1. The van der Waals surface area contributed by atoms with Crippen LogP contribution in [-0.4, -0.2) is 72.9 Å². The fraction of sp³-hybridized carbons (Fsp3) is 0.647. The third-order valence-electron chi connectivity index (χ3n) is 10.3. The Bertz CT molecular complexity index is 1600. The summed E-state index contributed by atoms with van der Waals surface area (Å²) in [5.74, 6) is -1.42. The van der Waals surface area contributed by atoms with Gasteiger partial charge in [-0.2, -0.15) is 0 Å². The van der Waals surface area contributed by atoms with E-state index in [1.807, 2.05) is 32.1 Å². The fourth-order valence-corrected chi connectivity index (χ4v) is 9.58. The number of hydrogen-bond donors (Lipinski definition) is 1. The first-order valence-corrected chi connectivity index (χ1v) is 21.0. The van der Waals surface area contributed by atoms with Crippen LogP contribution < -0.4 is 9.47 Å². The van der Waals surface area contributed by atoms with Crippen LogP contribution in [0.4, 0.5) is 0 Å². The Morgan fingerprint density at radius 1 is 1.02 bits per heavy atom. The molecule has 0 spiro atoms. The lowest BCUT2D eigenvalue weighted by molar-refractivity contribution is -0.140. The van der Waals surface area contributed by atoms with Crippen molar-refractivity contribution >= 4 is 57.5 Å². The van der Waals surface area contributed by atoms with Gasteiger partial charge in [-0.05, 0) is 101 Å². The number of fused-ring (bicyclic) bond motifs is 4. The number of unbranched alkanes of at least 4 members (excludes halogenated alkanes) is 2. The lowest BCUT2D eigenvalue weighted by Gasteiger charge is -2.55. The Morgan fingerprint density at radius 3 is 2.26 bits per heavy atom. The molecule has 0 radical (unpaired) electrons. The van der Waals surface area contributed by atoms with Gasteiger partial charge in [-0.15, -0.1) is 0 Å². The molecule has 0 unspecified atom stereocenters. The summed E-state index contributed by atoms with van der Waals surface area (Å²) < 4.78 is 26.2. The largest absolute Gasteiger partial charge is 0.507 e. The van der Waals surface area contributed by atoms with Gasteiger partial charge >= 0.3 is 0 Å². The van der Waals surface area contributed by atoms with Crippen LogP contribution in [0.1, 0.15) is 100 Å². The van der Waals surface area contributed by atoms with Gasteiger partial charge in [0.05, 0.1) is 24.8 Å². The maximum Gasteiger partial charge on any atom is 0.265 e. The smallest absolute Gasteiger partial charge is 0.265 e. The monoisotopic (exact) mass is 795 g/mol. The molecular weight excluding hydrogens is 750 g/mol. The molecule has 1 fully saturated rings. The number of ketones is 2. The van der Waals surface area contributed by atoms with Crippen LogP contribution in [0.2, 0.25) is 18.1 Å². The molecule has 0 amide bonds. The molecule has 5 rings (SSSR count). The minimum Gasteiger partial charge on any atom is -0.507 e. The SMILES string of the molecule is CCCCOc1noc2c1C(=O)[C@@]1(O[Si](C)(C)C(C)(C)C)C(=O)C3=C(O)c4c(c(Br)nc(Br)c4OCCCC)C[C@H]3C[C@H]1[C@@H]2N(C)C. The van der Waals surface area contributed by atoms with E-state index >= 15 is 9.59 Å². The summed E-state index contributed by atoms with van der Waals surface area (Å²) in [4.78, 5) is 37.2. The normalized spacial score (nSPS) is 24.2. The predicted octanol–water partition coefficient (Wildman–Crippen LogP) is 8.24. The number of carbonyl (C=O) groups excluding carboxylic acids is 2. The van der Waals surface area contributed by atoms with E-state index in [1.165, 1.54) is 0 Å². The number of carbonyl (C=O) groups is 2. The highest BCUT2D eigenvalue weighted by molar-refractivity contribution is 9.11. The molecule has 0 bridgehead atoms. The Labute approximate surface area is 295 Å². The summed E-state index contributed by atoms with van der Waals surface area (Å²) in [6, 6.07) is -0.517. The van der Waals surface area contributed by atoms with Crippen molar-refractivity contribution in [1.82, 2.24) is 15.0 Å². The molecule has 0 aliphatic heterocycles. The second kappa shape index (κ2) is 13.3. The van der Waals surface area contributed by atoms with Gasteiger partial charge in [0.1, 0.15) is 20.5 Å². The molecule has 1 saturated carbocycles. The molecule has 13 heteroatoms. The first-order chi connectivity index (χ1) is 22.0. The molecule has 10 nitrogen and oxygen atoms in total. The van der Waals surface area contributed by atoms with Crippen molar-refractivity contribution in [3.63, 3.8) is 0 Å². The number of ether oxygens (including phenoxy) is 2. The van der Waals surface area contributed by atoms with Crippen LogP contribution >= 0.6 is 31.9 Å². The number of nitrogens with zero attached hydrogens (tertiary/aromatic N) is 3. The number of aliphatic hydroxyl groups excluding tert-OH is 1. The number of rotatable bonds is 11. The van der Waals surface area contributed by atoms with Crippen molar-refractivity contribution in [2.45, 2.75) is 103 Å². The van der Waals surface area contributed by atoms with E-state index in [0.717, 1.165) is 31.2 Å². The maximum atomic E-state index is 15.4. The summed E-state index contributed by atoms with van der Waals surface area (Å²) >= 11 is 7.13. The molecule has 47 heavy (non-hydrogen) atoms. The molecule has 258 valence electrons. The Kier molecular flexibility index (Phi) is 10.3. The van der Waals surface area contributed by atoms with Crippen molar-refractivity contribution in [1.29, 1.82) is 0 Å². The standard InChI is InChI=1S/C34H47Br2N3O7Si/c1-10-12-14-43-27-22-19(30(35)37-31(27)36)16-18-17-20-24(39(6)7)26-23(32(38-45-26)44-15-13-11-2)29(42)34(20,28(41)21(18)25(22)40)46-47(8,9)33(3,4)5/h18,20,24,40H,10-17H2,1-9H3/t18-,20-,24-,34-/m0/s1. The number of pyridine rings is 1. The van der Waals surface area contributed by atoms with Gasteiger partial charge in [0.25, 0.3) is 5.88 Å². The predicted molar refractivity (Wildman–Crippen MR) is 189 cm³/mol. The lowest BCUT2D eigenvalue weighted by atomic mass is 9.57. The van der Waals surface area contributed by atoms with Gasteiger partial charge in [-0.25, -0.2) is 4.98 Å². The molecular formula is C34H47Br2N3O7Si. The van der Waals surface area contributed by atoms with Crippen LogP contribution in [0.3, 0.4) is 0 Å². The minimum absolute atomic E-state index is 0.0783. The van der Waals surface area contributed by atoms with Crippen LogP contribution in [0.25, 0.3) is 5.76 Å². The van der Waals surface area contributed by atoms with Crippen molar-refractivity contribution in [2.75, 3.05) is 27.3 Å². The third-order valence-corrected chi connectivity index (χ3v) is 16.0. The van der Waals surface area contributed by atoms with Crippen molar-refractivity contribution < 1.29 is 33.1 Å². The molecule has 2 aromatic rings. The second-order valence-electron chi connectivity index (χ2n) is 14.7. The highest BCUT2D eigenvalue weighted by Gasteiger charge is 2.69. The van der Waals surface area contributed by atoms with Crippen molar-refractivity contribution in [3.8, 4) is 11.6 Å². The van der Waals surface area contributed by atoms with E-state index in [9.17, 15) is 5.11 Å². The third kappa shape index (κ3) is 5.95. The zero-order valence-electron chi connectivity index (χ0n) is 28.9. The highest BCUT2D eigenvalue weighted by Crippen LogP contribution is 2.59. The van der Waals surface area contributed by atoms with Crippen LogP contribution in [0.15, 0.2) is 19.3 Å². The van der Waals surface area contributed by atoms with E-state index in [2.05, 4.69) is 76.6 Å². The Hall–Kier alpha value is -2.06. The van der Waals surface area contributed by atoms with Gasteiger partial charge in [-0.1, -0.05) is 47.5 Å². The van der Waals surface area contributed by atoms with E-state index < -0.39 is 43.4 Å².